The largest absolute Gasteiger partial charge is 0.507 e. The summed E-state index contributed by atoms with van der Waals surface area (Å²) in [5.41, 5.74) is -2.20. The van der Waals surface area contributed by atoms with E-state index in [9.17, 15) is 33.0 Å². The van der Waals surface area contributed by atoms with Crippen molar-refractivity contribution in [1.29, 1.82) is 0 Å². The molecule has 3 aromatic rings. The first-order chi connectivity index (χ1) is 16.1. The Kier molecular flexibility index (Phi) is 5.70. The van der Waals surface area contributed by atoms with Crippen molar-refractivity contribution in [3.05, 3.63) is 89.8 Å². The van der Waals surface area contributed by atoms with Gasteiger partial charge < -0.3 is 15.5 Å². The Bertz CT molecular complexity index is 1330. The first kappa shape index (κ1) is 22.8. The second-order valence-electron chi connectivity index (χ2n) is 7.55. The molecule has 1 unspecified atom stereocenters. The number of carbonyl (C=O) groups excluding carboxylic acids is 1. The monoisotopic (exact) mass is 470 g/mol. The molecule has 8 nitrogen and oxygen atoms in total. The number of amides is 1. The van der Waals surface area contributed by atoms with Crippen LogP contribution in [0, 0.1) is 0 Å². The van der Waals surface area contributed by atoms with E-state index in [0.29, 0.717) is 0 Å². The maximum Gasteiger partial charge on any atom is 0.416 e. The zero-order valence-electron chi connectivity index (χ0n) is 17.3. The highest BCUT2D eigenvalue weighted by molar-refractivity contribution is 6.06. The normalized spacial score (nSPS) is 17.5. The predicted molar refractivity (Wildman–Crippen MR) is 115 cm³/mol. The average molecular weight is 470 g/mol. The molecule has 0 saturated heterocycles. The van der Waals surface area contributed by atoms with E-state index in [0.717, 1.165) is 18.2 Å². The number of alkyl halides is 3. The van der Waals surface area contributed by atoms with Gasteiger partial charge in [0.1, 0.15) is 16.9 Å². The minimum Gasteiger partial charge on any atom is -0.507 e. The lowest BCUT2D eigenvalue weighted by Gasteiger charge is -2.23. The van der Waals surface area contributed by atoms with Crippen LogP contribution < -0.4 is 5.32 Å². The number of nitrogens with one attached hydrogen (secondary N) is 1. The SMILES string of the molecule is O=C(Nc1cccc(C(F)(F)F)c1)c1cc(-n2cc(C3(C(=O)O)C=CC=CC3)nn2)ccc1O. The predicted octanol–water partition coefficient (Wildman–Crippen LogP) is 4.08. The molecule has 2 aromatic carbocycles. The highest BCUT2D eigenvalue weighted by Crippen LogP contribution is 2.33. The number of carboxylic acid groups (broad SMARTS) is 1. The van der Waals surface area contributed by atoms with Crippen molar-refractivity contribution in [2.45, 2.75) is 18.0 Å². The van der Waals surface area contributed by atoms with E-state index in [-0.39, 0.29) is 29.1 Å². The van der Waals surface area contributed by atoms with Gasteiger partial charge in [0.15, 0.2) is 0 Å². The lowest BCUT2D eigenvalue weighted by atomic mass is 9.79. The summed E-state index contributed by atoms with van der Waals surface area (Å²) < 4.78 is 40.0. The average Bonchev–Trinajstić information content (AvgIpc) is 3.30. The van der Waals surface area contributed by atoms with Crippen LogP contribution in [0.3, 0.4) is 0 Å². The van der Waals surface area contributed by atoms with Crippen LogP contribution >= 0.6 is 0 Å². The quantitative estimate of drug-likeness (QED) is 0.517. The van der Waals surface area contributed by atoms with E-state index in [1.165, 1.54) is 41.2 Å². The van der Waals surface area contributed by atoms with Gasteiger partial charge in [0.05, 0.1) is 23.0 Å². The molecule has 4 rings (SSSR count). The Morgan fingerprint density at radius 1 is 1.12 bits per heavy atom. The van der Waals surface area contributed by atoms with E-state index >= 15 is 0 Å². The molecule has 1 aromatic heterocycles. The van der Waals surface area contributed by atoms with Crippen LogP contribution in [0.2, 0.25) is 0 Å². The third kappa shape index (κ3) is 4.27. The summed E-state index contributed by atoms with van der Waals surface area (Å²) in [7, 11) is 0. The number of phenolic OH excluding ortho intramolecular Hbond substituents is 1. The molecule has 1 heterocycles. The Morgan fingerprint density at radius 2 is 1.91 bits per heavy atom. The highest BCUT2D eigenvalue weighted by atomic mass is 19.4. The minimum absolute atomic E-state index is 0.104. The van der Waals surface area contributed by atoms with Crippen molar-refractivity contribution in [2.24, 2.45) is 0 Å². The molecule has 0 spiro atoms. The number of rotatable bonds is 5. The molecular formula is C23H17F3N4O4. The topological polar surface area (TPSA) is 117 Å². The minimum atomic E-state index is -4.58. The smallest absolute Gasteiger partial charge is 0.416 e. The first-order valence-electron chi connectivity index (χ1n) is 9.93. The van der Waals surface area contributed by atoms with E-state index in [4.69, 9.17) is 0 Å². The molecule has 0 bridgehead atoms. The van der Waals surface area contributed by atoms with Crippen LogP contribution in [0.5, 0.6) is 5.75 Å². The van der Waals surface area contributed by atoms with Gasteiger partial charge in [-0.3, -0.25) is 9.59 Å². The summed E-state index contributed by atoms with van der Waals surface area (Å²) >= 11 is 0. The number of carbonyl (C=O) groups is 2. The van der Waals surface area contributed by atoms with Crippen molar-refractivity contribution in [3.63, 3.8) is 0 Å². The molecule has 3 N–H and O–H groups in total. The molecular weight excluding hydrogens is 453 g/mol. The fourth-order valence-corrected chi connectivity index (χ4v) is 3.49. The Labute approximate surface area is 190 Å². The molecule has 11 heteroatoms. The number of allylic oxidation sites excluding steroid dienone is 3. The summed E-state index contributed by atoms with van der Waals surface area (Å²) in [6, 6.07) is 8.00. The zero-order chi connectivity index (χ0) is 24.5. The van der Waals surface area contributed by atoms with Gasteiger partial charge in [-0.1, -0.05) is 35.6 Å². The van der Waals surface area contributed by atoms with E-state index in [1.54, 1.807) is 18.2 Å². The summed E-state index contributed by atoms with van der Waals surface area (Å²) in [4.78, 5) is 24.6. The van der Waals surface area contributed by atoms with Crippen LogP contribution in [-0.4, -0.2) is 37.1 Å². The van der Waals surface area contributed by atoms with Crippen molar-refractivity contribution in [2.75, 3.05) is 5.32 Å². The molecule has 0 saturated carbocycles. The second-order valence-corrected chi connectivity index (χ2v) is 7.55. The van der Waals surface area contributed by atoms with Crippen molar-refractivity contribution in [3.8, 4) is 11.4 Å². The number of aromatic hydroxyl groups is 1. The van der Waals surface area contributed by atoms with Crippen LogP contribution in [0.4, 0.5) is 18.9 Å². The number of benzene rings is 2. The molecule has 34 heavy (non-hydrogen) atoms. The van der Waals surface area contributed by atoms with Crippen molar-refractivity contribution in [1.82, 2.24) is 15.0 Å². The third-order valence-corrected chi connectivity index (χ3v) is 5.34. The third-order valence-electron chi connectivity index (χ3n) is 5.34. The van der Waals surface area contributed by atoms with E-state index in [1.807, 2.05) is 0 Å². The van der Waals surface area contributed by atoms with Gasteiger partial charge in [-0.15, -0.1) is 5.10 Å². The van der Waals surface area contributed by atoms with Gasteiger partial charge in [0.2, 0.25) is 0 Å². The summed E-state index contributed by atoms with van der Waals surface area (Å²) in [6.45, 7) is 0. The van der Waals surface area contributed by atoms with Gasteiger partial charge >= 0.3 is 12.1 Å². The molecule has 0 radical (unpaired) electrons. The maximum absolute atomic E-state index is 12.9. The van der Waals surface area contributed by atoms with E-state index in [2.05, 4.69) is 15.6 Å². The molecule has 0 fully saturated rings. The maximum atomic E-state index is 12.9. The Balaban J connectivity index is 1.62. The van der Waals surface area contributed by atoms with Crippen molar-refractivity contribution < 1.29 is 33.0 Å². The second kappa shape index (κ2) is 8.50. The zero-order valence-corrected chi connectivity index (χ0v) is 17.3. The van der Waals surface area contributed by atoms with Crippen LogP contribution in [0.1, 0.15) is 28.0 Å². The molecule has 1 atom stereocenters. The van der Waals surface area contributed by atoms with Crippen LogP contribution in [0.15, 0.2) is 73.0 Å². The fourth-order valence-electron chi connectivity index (χ4n) is 3.49. The summed E-state index contributed by atoms with van der Waals surface area (Å²) in [6.07, 6.45) is 3.53. The van der Waals surface area contributed by atoms with Gasteiger partial charge in [0, 0.05) is 5.69 Å². The summed E-state index contributed by atoms with van der Waals surface area (Å²) in [5, 5.41) is 30.2. The van der Waals surface area contributed by atoms with Gasteiger partial charge in [-0.25, -0.2) is 4.68 Å². The molecule has 1 aliphatic rings. The van der Waals surface area contributed by atoms with Crippen molar-refractivity contribution >= 4 is 17.6 Å². The standard InChI is InChI=1S/C23H17F3N4O4/c24-23(25,26)14-5-4-6-15(11-14)27-20(32)17-12-16(7-8-18(17)31)30-13-19(28-29-30)22(21(33)34)9-2-1-3-10-22/h1-9,11-13,31H,10H2,(H,27,32)(H,33,34). The number of aromatic nitrogens is 3. The lowest BCUT2D eigenvalue weighted by molar-refractivity contribution is -0.142. The molecule has 174 valence electrons. The summed E-state index contributed by atoms with van der Waals surface area (Å²) in [5.74, 6) is -2.36. The van der Waals surface area contributed by atoms with Gasteiger partial charge in [0.25, 0.3) is 5.91 Å². The number of aliphatic carboxylic acids is 1. The van der Waals surface area contributed by atoms with E-state index < -0.39 is 34.8 Å². The number of anilines is 1. The molecule has 1 amide bonds. The van der Waals surface area contributed by atoms with Crippen LogP contribution in [0.25, 0.3) is 5.69 Å². The van der Waals surface area contributed by atoms with Crippen LogP contribution in [-0.2, 0) is 16.4 Å². The Hall–Kier alpha value is -4.41. The number of halogens is 3. The van der Waals surface area contributed by atoms with Gasteiger partial charge in [-0.05, 0) is 42.8 Å². The number of nitrogens with zero attached hydrogens (tertiary/aromatic N) is 3. The number of hydrogen-bond donors (Lipinski definition) is 3. The fraction of sp³-hybridized carbons (Fsp3) is 0.130. The first-order valence-corrected chi connectivity index (χ1v) is 9.93. The number of carboxylic acids is 1. The number of phenols is 1. The lowest BCUT2D eigenvalue weighted by Crippen LogP contribution is -2.34. The molecule has 1 aliphatic carbocycles. The highest BCUT2D eigenvalue weighted by Gasteiger charge is 2.40. The van der Waals surface area contributed by atoms with Gasteiger partial charge in [-0.2, -0.15) is 13.2 Å². The Morgan fingerprint density at radius 3 is 2.59 bits per heavy atom. The number of hydrogen-bond acceptors (Lipinski definition) is 5. The molecule has 0 aliphatic heterocycles.